The molecule has 80 valence electrons. The smallest absolute Gasteiger partial charge is 0.236 e. The zero-order chi connectivity index (χ0) is 11.3. The number of benzene rings is 1. The first kappa shape index (κ1) is 11.7. The van der Waals surface area contributed by atoms with Gasteiger partial charge in [0.2, 0.25) is 5.91 Å². The number of carbonyl (C=O) groups is 1. The molecule has 0 bridgehead atoms. The Morgan fingerprint density at radius 2 is 2.33 bits per heavy atom. The lowest BCUT2D eigenvalue weighted by molar-refractivity contribution is -0.118. The van der Waals surface area contributed by atoms with Gasteiger partial charge in [-0.05, 0) is 18.2 Å². The summed E-state index contributed by atoms with van der Waals surface area (Å²) < 4.78 is 6.06. The molecular weight excluding hydrogens is 260 g/mol. The van der Waals surface area contributed by atoms with Crippen LogP contribution in [-0.4, -0.2) is 19.2 Å². The zero-order valence-corrected chi connectivity index (χ0v) is 10.0. The number of methoxy groups -OCH3 is 1. The number of hydrazone groups is 1. The summed E-state index contributed by atoms with van der Waals surface area (Å²) in [6.45, 7) is 1.40. The Bertz CT molecular complexity index is 391. The number of halogens is 1. The molecule has 0 unspecified atom stereocenters. The van der Waals surface area contributed by atoms with E-state index in [4.69, 9.17) is 4.74 Å². The summed E-state index contributed by atoms with van der Waals surface area (Å²) >= 11 is 3.34. The molecule has 1 rings (SSSR count). The quantitative estimate of drug-likeness (QED) is 0.674. The molecule has 1 amide bonds. The molecule has 5 heteroatoms. The number of carbonyl (C=O) groups excluding carboxylic acids is 1. The average Bonchev–Trinajstić information content (AvgIpc) is 2.17. The minimum Gasteiger partial charge on any atom is -0.496 e. The molecule has 0 heterocycles. The summed E-state index contributed by atoms with van der Waals surface area (Å²) in [5.41, 5.74) is 3.12. The van der Waals surface area contributed by atoms with Crippen LogP contribution in [0.3, 0.4) is 0 Å². The van der Waals surface area contributed by atoms with Crippen LogP contribution in [0.15, 0.2) is 27.8 Å². The van der Waals surface area contributed by atoms with Gasteiger partial charge in [-0.3, -0.25) is 4.79 Å². The maximum atomic E-state index is 10.6. The Balaban J connectivity index is 2.87. The summed E-state index contributed by atoms with van der Waals surface area (Å²) in [4.78, 5) is 10.6. The predicted molar refractivity (Wildman–Crippen MR) is 62.1 cm³/mol. The van der Waals surface area contributed by atoms with Crippen molar-refractivity contribution < 1.29 is 9.53 Å². The predicted octanol–water partition coefficient (Wildman–Crippen LogP) is 1.93. The van der Waals surface area contributed by atoms with Gasteiger partial charge in [0, 0.05) is 17.0 Å². The van der Waals surface area contributed by atoms with Gasteiger partial charge in [-0.2, -0.15) is 5.10 Å². The van der Waals surface area contributed by atoms with Crippen LogP contribution in [0.5, 0.6) is 5.75 Å². The van der Waals surface area contributed by atoms with Crippen molar-refractivity contribution in [1.82, 2.24) is 5.43 Å². The highest BCUT2D eigenvalue weighted by Crippen LogP contribution is 2.21. The maximum Gasteiger partial charge on any atom is 0.236 e. The van der Waals surface area contributed by atoms with Crippen LogP contribution >= 0.6 is 15.9 Å². The summed E-state index contributed by atoms with van der Waals surface area (Å²) in [6.07, 6.45) is 1.53. The number of amides is 1. The fourth-order valence-electron chi connectivity index (χ4n) is 0.999. The Hall–Kier alpha value is -1.36. The molecule has 0 saturated carbocycles. The molecule has 15 heavy (non-hydrogen) atoms. The fourth-order valence-corrected chi connectivity index (χ4v) is 1.38. The van der Waals surface area contributed by atoms with Crippen LogP contribution in [0, 0.1) is 0 Å². The molecule has 0 radical (unpaired) electrons. The van der Waals surface area contributed by atoms with E-state index in [9.17, 15) is 4.79 Å². The average molecular weight is 271 g/mol. The molecule has 0 atom stereocenters. The van der Waals surface area contributed by atoms with Crippen molar-refractivity contribution in [2.24, 2.45) is 5.10 Å². The molecule has 0 aliphatic heterocycles. The third kappa shape index (κ3) is 3.71. The number of rotatable bonds is 3. The van der Waals surface area contributed by atoms with Crippen LogP contribution in [-0.2, 0) is 4.79 Å². The molecule has 1 aromatic rings. The second-order valence-electron chi connectivity index (χ2n) is 2.81. The number of nitrogens with one attached hydrogen (secondary N) is 1. The number of hydrogen-bond acceptors (Lipinski definition) is 3. The first-order valence-corrected chi connectivity index (χ1v) is 5.06. The van der Waals surface area contributed by atoms with Gasteiger partial charge in [-0.1, -0.05) is 15.9 Å². The van der Waals surface area contributed by atoms with Crippen molar-refractivity contribution >= 4 is 28.1 Å². The third-order valence-corrected chi connectivity index (χ3v) is 2.11. The molecule has 0 saturated heterocycles. The minimum atomic E-state index is -0.208. The topological polar surface area (TPSA) is 50.7 Å². The normalized spacial score (nSPS) is 10.3. The van der Waals surface area contributed by atoms with E-state index < -0.39 is 0 Å². The van der Waals surface area contributed by atoms with Crippen molar-refractivity contribution in [2.45, 2.75) is 6.92 Å². The first-order chi connectivity index (χ1) is 7.13. The number of hydrogen-bond donors (Lipinski definition) is 1. The van der Waals surface area contributed by atoms with E-state index in [1.807, 2.05) is 18.2 Å². The summed E-state index contributed by atoms with van der Waals surface area (Å²) in [6, 6.07) is 5.54. The van der Waals surface area contributed by atoms with Crippen molar-refractivity contribution in [3.63, 3.8) is 0 Å². The molecule has 1 N–H and O–H groups in total. The standard InChI is InChI=1S/C10H11BrN2O2/c1-7(14)13-12-6-8-5-9(11)3-4-10(8)15-2/h3-6H,1-2H3,(H,13,14)/b12-6-. The van der Waals surface area contributed by atoms with E-state index in [1.54, 1.807) is 7.11 Å². The highest BCUT2D eigenvalue weighted by molar-refractivity contribution is 9.10. The summed E-state index contributed by atoms with van der Waals surface area (Å²) in [5.74, 6) is 0.493. The molecule has 0 aliphatic rings. The summed E-state index contributed by atoms with van der Waals surface area (Å²) in [7, 11) is 1.58. The fraction of sp³-hybridized carbons (Fsp3) is 0.200. The van der Waals surface area contributed by atoms with E-state index in [1.165, 1.54) is 13.1 Å². The molecule has 0 aliphatic carbocycles. The van der Waals surface area contributed by atoms with E-state index in [2.05, 4.69) is 26.5 Å². The van der Waals surface area contributed by atoms with Crippen LogP contribution in [0.2, 0.25) is 0 Å². The van der Waals surface area contributed by atoms with Crippen molar-refractivity contribution in [1.29, 1.82) is 0 Å². The molecule has 1 aromatic carbocycles. The number of ether oxygens (including phenoxy) is 1. The Morgan fingerprint density at radius 1 is 1.60 bits per heavy atom. The van der Waals surface area contributed by atoms with Crippen LogP contribution in [0.4, 0.5) is 0 Å². The molecule has 0 aromatic heterocycles. The van der Waals surface area contributed by atoms with Gasteiger partial charge in [-0.25, -0.2) is 5.43 Å². The third-order valence-electron chi connectivity index (χ3n) is 1.62. The van der Waals surface area contributed by atoms with E-state index >= 15 is 0 Å². The van der Waals surface area contributed by atoms with Crippen molar-refractivity contribution in [3.8, 4) is 5.75 Å². The second-order valence-corrected chi connectivity index (χ2v) is 3.73. The lowest BCUT2D eigenvalue weighted by atomic mass is 10.2. The lowest BCUT2D eigenvalue weighted by Gasteiger charge is -2.04. The van der Waals surface area contributed by atoms with Crippen molar-refractivity contribution in [2.75, 3.05) is 7.11 Å². The van der Waals surface area contributed by atoms with Crippen LogP contribution < -0.4 is 10.2 Å². The van der Waals surface area contributed by atoms with Gasteiger partial charge in [0.1, 0.15) is 5.75 Å². The minimum absolute atomic E-state index is 0.208. The van der Waals surface area contributed by atoms with Gasteiger partial charge in [0.25, 0.3) is 0 Å². The van der Waals surface area contributed by atoms with E-state index in [0.29, 0.717) is 5.75 Å². The highest BCUT2D eigenvalue weighted by atomic mass is 79.9. The number of nitrogens with zero attached hydrogens (tertiary/aromatic N) is 1. The van der Waals surface area contributed by atoms with E-state index in [0.717, 1.165) is 10.0 Å². The lowest BCUT2D eigenvalue weighted by Crippen LogP contribution is -2.12. The van der Waals surface area contributed by atoms with Gasteiger partial charge in [0.05, 0.1) is 13.3 Å². The maximum absolute atomic E-state index is 10.6. The second kappa shape index (κ2) is 5.50. The van der Waals surface area contributed by atoms with E-state index in [-0.39, 0.29) is 5.91 Å². The van der Waals surface area contributed by atoms with Crippen LogP contribution in [0.1, 0.15) is 12.5 Å². The monoisotopic (exact) mass is 270 g/mol. The first-order valence-electron chi connectivity index (χ1n) is 4.26. The van der Waals surface area contributed by atoms with Gasteiger partial charge in [-0.15, -0.1) is 0 Å². The van der Waals surface area contributed by atoms with Gasteiger partial charge in [0.15, 0.2) is 0 Å². The largest absolute Gasteiger partial charge is 0.496 e. The Kier molecular flexibility index (Phi) is 4.30. The Morgan fingerprint density at radius 3 is 2.93 bits per heavy atom. The van der Waals surface area contributed by atoms with Crippen molar-refractivity contribution in [3.05, 3.63) is 28.2 Å². The zero-order valence-electron chi connectivity index (χ0n) is 8.45. The highest BCUT2D eigenvalue weighted by Gasteiger charge is 2.00. The van der Waals surface area contributed by atoms with Gasteiger partial charge >= 0.3 is 0 Å². The van der Waals surface area contributed by atoms with Crippen LogP contribution in [0.25, 0.3) is 0 Å². The SMILES string of the molecule is COc1ccc(Br)cc1/C=N\NC(C)=O. The summed E-state index contributed by atoms with van der Waals surface area (Å²) in [5, 5.41) is 3.77. The van der Waals surface area contributed by atoms with Gasteiger partial charge < -0.3 is 4.74 Å². The molecular formula is C10H11BrN2O2. The Labute approximate surface area is 96.4 Å². The molecule has 0 fully saturated rings. The molecule has 0 spiro atoms. The molecule has 4 nitrogen and oxygen atoms in total.